The summed E-state index contributed by atoms with van der Waals surface area (Å²) >= 11 is 0. The van der Waals surface area contributed by atoms with Gasteiger partial charge in [0, 0.05) is 5.41 Å². The van der Waals surface area contributed by atoms with Gasteiger partial charge in [-0.05, 0) is 24.0 Å². The summed E-state index contributed by atoms with van der Waals surface area (Å²) in [4.78, 5) is 11.5. The fourth-order valence-electron chi connectivity index (χ4n) is 4.32. The second-order valence-electron chi connectivity index (χ2n) is 9.62. The zero-order chi connectivity index (χ0) is 22.1. The number of carboxylic acids is 1. The first-order chi connectivity index (χ1) is 14.5. The van der Waals surface area contributed by atoms with Gasteiger partial charge >= 0.3 is 0 Å². The zero-order valence-corrected chi connectivity index (χ0v) is 21.1. The third-order valence-electron chi connectivity index (χ3n) is 6.50. The fraction of sp³-hybridized carbons (Fsp3) is 0.750. The van der Waals surface area contributed by atoms with E-state index in [1.807, 2.05) is 18.2 Å². The third-order valence-corrected chi connectivity index (χ3v) is 6.50. The highest BCUT2D eigenvalue weighted by atomic mass is 16.4. The van der Waals surface area contributed by atoms with Gasteiger partial charge in [-0.3, -0.25) is 0 Å². The monoisotopic (exact) mass is 433 g/mol. The average molecular weight is 434 g/mol. The van der Waals surface area contributed by atoms with Gasteiger partial charge in [0.25, 0.3) is 0 Å². The number of hydrogen-bond acceptors (Lipinski definition) is 2. The van der Waals surface area contributed by atoms with Gasteiger partial charge in [-0.25, -0.2) is 0 Å². The summed E-state index contributed by atoms with van der Waals surface area (Å²) in [5, 5.41) is 11.5. The maximum atomic E-state index is 11.5. The maximum Gasteiger partial charge on any atom is 0.0514 e. The molecule has 0 radical (unpaired) electrons. The Labute approximate surface area is 193 Å². The molecule has 0 aliphatic carbocycles. The van der Waals surface area contributed by atoms with Crippen molar-refractivity contribution in [3.05, 3.63) is 35.4 Å². The Kier molecular flexibility index (Phi) is 17.4. The molecule has 0 bridgehead atoms. The lowest BCUT2D eigenvalue weighted by Crippen LogP contribution is -2.41. The molecule has 0 saturated heterocycles. The van der Waals surface area contributed by atoms with Gasteiger partial charge in [0.05, 0.1) is 5.97 Å². The average Bonchev–Trinajstić information content (AvgIpc) is 2.73. The lowest BCUT2D eigenvalue weighted by Gasteiger charge is -2.29. The van der Waals surface area contributed by atoms with Crippen LogP contribution in [0.3, 0.4) is 0 Å². The Morgan fingerprint density at radius 1 is 0.710 bits per heavy atom. The van der Waals surface area contributed by atoms with E-state index in [2.05, 4.69) is 13.0 Å². The first kappa shape index (κ1) is 29.7. The Morgan fingerprint density at radius 3 is 1.52 bits per heavy atom. The molecule has 0 spiro atoms. The van der Waals surface area contributed by atoms with Crippen LogP contribution in [-0.2, 0) is 16.6 Å². The molecule has 3 heteroatoms. The summed E-state index contributed by atoms with van der Waals surface area (Å²) in [6, 6.07) is 7.95. The number of quaternary nitrogens is 1. The summed E-state index contributed by atoms with van der Waals surface area (Å²) in [5.74, 6) is -0.998. The van der Waals surface area contributed by atoms with E-state index in [-0.39, 0.29) is 6.15 Å². The molecule has 3 nitrogen and oxygen atoms in total. The van der Waals surface area contributed by atoms with Gasteiger partial charge in [0.15, 0.2) is 0 Å². The highest BCUT2D eigenvalue weighted by Crippen LogP contribution is 2.27. The molecule has 0 saturated carbocycles. The lowest BCUT2D eigenvalue weighted by atomic mass is 9.81. The Morgan fingerprint density at radius 2 is 1.10 bits per heavy atom. The van der Waals surface area contributed by atoms with Crippen molar-refractivity contribution in [3.63, 3.8) is 0 Å². The number of unbranched alkanes of at least 4 members (excludes halogenated alkanes) is 15. The molecular weight excluding hydrogens is 382 g/mol. The number of benzene rings is 1. The van der Waals surface area contributed by atoms with Crippen molar-refractivity contribution >= 4 is 5.97 Å². The SMILES string of the molecule is CCCCCCCCCCCCCCCCCCc1ccccc1C(C)(C)C(=O)[O-].[NH4+]. The first-order valence-corrected chi connectivity index (χ1v) is 12.8. The molecule has 180 valence electrons. The fourth-order valence-corrected chi connectivity index (χ4v) is 4.32. The Bertz CT molecular complexity index is 568. The highest BCUT2D eigenvalue weighted by molar-refractivity contribution is 5.78. The molecule has 0 atom stereocenters. The molecular formula is C28H51NO2. The van der Waals surface area contributed by atoms with Crippen molar-refractivity contribution in [2.75, 3.05) is 0 Å². The highest BCUT2D eigenvalue weighted by Gasteiger charge is 2.24. The van der Waals surface area contributed by atoms with E-state index in [9.17, 15) is 9.90 Å². The van der Waals surface area contributed by atoms with E-state index in [0.717, 1.165) is 24.0 Å². The van der Waals surface area contributed by atoms with Gasteiger partial charge < -0.3 is 16.1 Å². The third kappa shape index (κ3) is 12.9. The molecule has 0 fully saturated rings. The molecule has 0 aromatic heterocycles. The molecule has 0 aliphatic heterocycles. The number of carbonyl (C=O) groups is 1. The van der Waals surface area contributed by atoms with Gasteiger partial charge in [0.2, 0.25) is 0 Å². The van der Waals surface area contributed by atoms with Crippen LogP contribution in [0.15, 0.2) is 24.3 Å². The molecule has 0 heterocycles. The summed E-state index contributed by atoms with van der Waals surface area (Å²) in [6.45, 7) is 5.77. The molecule has 1 aromatic carbocycles. The van der Waals surface area contributed by atoms with E-state index in [1.165, 1.54) is 96.3 Å². The number of aryl methyl sites for hydroxylation is 1. The van der Waals surface area contributed by atoms with E-state index >= 15 is 0 Å². The van der Waals surface area contributed by atoms with E-state index in [1.54, 1.807) is 13.8 Å². The smallest absolute Gasteiger partial charge is 0.0514 e. The second-order valence-corrected chi connectivity index (χ2v) is 9.62. The number of carbonyl (C=O) groups excluding carboxylic acids is 1. The predicted molar refractivity (Wildman–Crippen MR) is 134 cm³/mol. The standard InChI is InChI=1S/C28H48O2.H3N/c1-4-5-6-7-8-9-10-11-12-13-14-15-16-17-18-19-22-25-23-20-21-24-26(25)28(2,3)27(29)30;/h20-21,23-24H,4-19,22H2,1-3H3,(H,29,30);1H3. The van der Waals surface area contributed by atoms with Crippen molar-refractivity contribution in [1.82, 2.24) is 6.15 Å². The summed E-state index contributed by atoms with van der Waals surface area (Å²) < 4.78 is 0. The molecule has 4 N–H and O–H groups in total. The Balaban J connectivity index is 0.00000900. The first-order valence-electron chi connectivity index (χ1n) is 12.8. The van der Waals surface area contributed by atoms with Crippen LogP contribution in [-0.4, -0.2) is 5.97 Å². The van der Waals surface area contributed by atoms with Gasteiger partial charge in [-0.2, -0.15) is 0 Å². The lowest BCUT2D eigenvalue weighted by molar-refractivity contribution is -0.312. The van der Waals surface area contributed by atoms with E-state index in [4.69, 9.17) is 0 Å². The topological polar surface area (TPSA) is 76.6 Å². The zero-order valence-electron chi connectivity index (χ0n) is 21.1. The van der Waals surface area contributed by atoms with Crippen molar-refractivity contribution in [2.45, 2.75) is 135 Å². The molecule has 0 aliphatic rings. The summed E-state index contributed by atoms with van der Waals surface area (Å²) in [6.07, 6.45) is 22.9. The minimum atomic E-state index is -0.998. The van der Waals surface area contributed by atoms with Crippen LogP contribution in [0, 0.1) is 0 Å². The van der Waals surface area contributed by atoms with Crippen molar-refractivity contribution < 1.29 is 9.90 Å². The minimum absolute atomic E-state index is 0. The number of carboxylic acid groups (broad SMARTS) is 1. The number of aliphatic carboxylic acids is 1. The predicted octanol–water partition coefficient (Wildman–Crippen LogP) is 7.89. The van der Waals surface area contributed by atoms with Gasteiger partial charge in [-0.15, -0.1) is 0 Å². The molecule has 0 unspecified atom stereocenters. The van der Waals surface area contributed by atoms with Gasteiger partial charge in [0.1, 0.15) is 0 Å². The molecule has 1 rings (SSSR count). The minimum Gasteiger partial charge on any atom is -0.549 e. The van der Waals surface area contributed by atoms with Crippen LogP contribution >= 0.6 is 0 Å². The second kappa shape index (κ2) is 18.2. The van der Waals surface area contributed by atoms with E-state index < -0.39 is 11.4 Å². The summed E-state index contributed by atoms with van der Waals surface area (Å²) in [5.41, 5.74) is 1.15. The number of rotatable bonds is 19. The number of hydrogen-bond donors (Lipinski definition) is 1. The maximum absolute atomic E-state index is 11.5. The summed E-state index contributed by atoms with van der Waals surface area (Å²) in [7, 11) is 0. The van der Waals surface area contributed by atoms with Crippen molar-refractivity contribution in [3.8, 4) is 0 Å². The molecule has 1 aromatic rings. The van der Waals surface area contributed by atoms with Crippen molar-refractivity contribution in [1.29, 1.82) is 0 Å². The molecule has 0 amide bonds. The molecule has 31 heavy (non-hydrogen) atoms. The van der Waals surface area contributed by atoms with Crippen LogP contribution in [0.5, 0.6) is 0 Å². The van der Waals surface area contributed by atoms with Crippen LogP contribution in [0.4, 0.5) is 0 Å². The van der Waals surface area contributed by atoms with Gasteiger partial charge in [-0.1, -0.05) is 141 Å². The van der Waals surface area contributed by atoms with Crippen LogP contribution in [0.2, 0.25) is 0 Å². The van der Waals surface area contributed by atoms with Crippen molar-refractivity contribution in [2.24, 2.45) is 0 Å². The normalized spacial score (nSPS) is 11.3. The quantitative estimate of drug-likeness (QED) is 0.225. The Hall–Kier alpha value is -1.35. The van der Waals surface area contributed by atoms with E-state index in [0.29, 0.717) is 0 Å². The van der Waals surface area contributed by atoms with Crippen LogP contribution in [0.1, 0.15) is 135 Å². The van der Waals surface area contributed by atoms with Crippen LogP contribution < -0.4 is 11.3 Å². The largest absolute Gasteiger partial charge is 0.549 e. The van der Waals surface area contributed by atoms with Crippen LogP contribution in [0.25, 0.3) is 0 Å².